The van der Waals surface area contributed by atoms with Crippen LogP contribution in [0.2, 0.25) is 0 Å². The van der Waals surface area contributed by atoms with Crippen molar-refractivity contribution in [1.29, 1.82) is 0 Å². The minimum absolute atomic E-state index is 0.0751. The van der Waals surface area contributed by atoms with Gasteiger partial charge in [-0.2, -0.15) is 0 Å². The monoisotopic (exact) mass is 425 g/mol. The zero-order valence-electron chi connectivity index (χ0n) is 13.7. The molecule has 134 valence electrons. The maximum Gasteiger partial charge on any atom is 0.287 e. The summed E-state index contributed by atoms with van der Waals surface area (Å²) in [4.78, 5) is 27.6. The van der Waals surface area contributed by atoms with E-state index >= 15 is 0 Å². The van der Waals surface area contributed by atoms with Crippen molar-refractivity contribution in [3.05, 3.63) is 45.0 Å². The van der Waals surface area contributed by atoms with Crippen LogP contribution in [0.5, 0.6) is 0 Å². The zero-order valence-corrected chi connectivity index (χ0v) is 16.1. The number of likely N-dealkylation sites (tertiary alicyclic amines) is 1. The Labute approximate surface area is 158 Å². The van der Waals surface area contributed by atoms with E-state index in [1.54, 1.807) is 23.5 Å². The number of carbonyl (C=O) groups is 2. The Hall–Kier alpha value is -1.64. The van der Waals surface area contributed by atoms with E-state index in [4.69, 9.17) is 4.42 Å². The van der Waals surface area contributed by atoms with Crippen molar-refractivity contribution in [1.82, 2.24) is 15.5 Å². The van der Waals surface area contributed by atoms with Gasteiger partial charge in [-0.15, -0.1) is 11.3 Å². The summed E-state index contributed by atoms with van der Waals surface area (Å²) in [6.07, 6.45) is 2.40. The summed E-state index contributed by atoms with van der Waals surface area (Å²) >= 11 is 4.85. The molecule has 1 atom stereocenters. The molecule has 1 aliphatic rings. The Bertz CT molecular complexity index is 711. The Morgan fingerprint density at radius 3 is 2.68 bits per heavy atom. The summed E-state index contributed by atoms with van der Waals surface area (Å²) in [7, 11) is 0. The van der Waals surface area contributed by atoms with E-state index in [-0.39, 0.29) is 24.3 Å². The number of nitrogens with zero attached hydrogens (tertiary/aromatic N) is 1. The second-order valence-electron chi connectivity index (χ2n) is 5.86. The summed E-state index contributed by atoms with van der Waals surface area (Å²) in [6, 6.07) is 7.53. The van der Waals surface area contributed by atoms with Crippen molar-refractivity contribution in [2.24, 2.45) is 0 Å². The van der Waals surface area contributed by atoms with Gasteiger partial charge in [-0.3, -0.25) is 14.5 Å². The van der Waals surface area contributed by atoms with Gasteiger partial charge in [0.2, 0.25) is 5.91 Å². The summed E-state index contributed by atoms with van der Waals surface area (Å²) in [6.45, 7) is 2.58. The van der Waals surface area contributed by atoms with E-state index < -0.39 is 5.91 Å². The number of amides is 2. The number of nitrogens with one attached hydrogen (secondary N) is 2. The highest BCUT2D eigenvalue weighted by Gasteiger charge is 2.24. The van der Waals surface area contributed by atoms with Crippen LogP contribution in [-0.2, 0) is 4.79 Å². The fraction of sp³-hybridized carbons (Fsp3) is 0.412. The molecule has 25 heavy (non-hydrogen) atoms. The highest BCUT2D eigenvalue weighted by molar-refractivity contribution is 9.10. The lowest BCUT2D eigenvalue weighted by atomic mass is 10.2. The van der Waals surface area contributed by atoms with E-state index in [1.807, 2.05) is 6.07 Å². The van der Waals surface area contributed by atoms with Crippen molar-refractivity contribution in [2.45, 2.75) is 18.9 Å². The lowest BCUT2D eigenvalue weighted by Crippen LogP contribution is -2.41. The first kappa shape index (κ1) is 18.2. The number of halogens is 1. The number of hydrogen-bond acceptors (Lipinski definition) is 5. The topological polar surface area (TPSA) is 74.6 Å². The van der Waals surface area contributed by atoms with Gasteiger partial charge in [0, 0.05) is 11.4 Å². The van der Waals surface area contributed by atoms with Crippen LogP contribution in [0.15, 0.2) is 38.7 Å². The zero-order chi connectivity index (χ0) is 17.6. The van der Waals surface area contributed by atoms with Gasteiger partial charge in [-0.1, -0.05) is 6.07 Å². The van der Waals surface area contributed by atoms with Gasteiger partial charge in [-0.05, 0) is 65.4 Å². The predicted octanol–water partition coefficient (Wildman–Crippen LogP) is 2.79. The Morgan fingerprint density at radius 1 is 1.24 bits per heavy atom. The second-order valence-corrected chi connectivity index (χ2v) is 7.63. The normalized spacial score (nSPS) is 15.9. The highest BCUT2D eigenvalue weighted by Crippen LogP contribution is 2.27. The van der Waals surface area contributed by atoms with Crippen LogP contribution in [0.1, 0.15) is 34.3 Å². The van der Waals surface area contributed by atoms with Gasteiger partial charge in [0.1, 0.15) is 0 Å². The van der Waals surface area contributed by atoms with E-state index in [1.165, 1.54) is 17.7 Å². The summed E-state index contributed by atoms with van der Waals surface area (Å²) in [5, 5.41) is 7.55. The summed E-state index contributed by atoms with van der Waals surface area (Å²) < 4.78 is 5.64. The highest BCUT2D eigenvalue weighted by atomic mass is 79.9. The number of carbonyl (C=O) groups excluding carboxylic acids is 2. The van der Waals surface area contributed by atoms with Crippen LogP contribution in [0.25, 0.3) is 0 Å². The number of hydrogen-bond donors (Lipinski definition) is 2. The molecule has 2 N–H and O–H groups in total. The van der Waals surface area contributed by atoms with Crippen LogP contribution in [0.4, 0.5) is 0 Å². The van der Waals surface area contributed by atoms with Crippen molar-refractivity contribution < 1.29 is 14.0 Å². The van der Waals surface area contributed by atoms with Gasteiger partial charge in [0.15, 0.2) is 10.4 Å². The van der Waals surface area contributed by atoms with Crippen molar-refractivity contribution >= 4 is 39.1 Å². The molecule has 1 saturated heterocycles. The average molecular weight is 426 g/mol. The minimum atomic E-state index is -0.407. The van der Waals surface area contributed by atoms with Gasteiger partial charge in [0.25, 0.3) is 5.91 Å². The Balaban J connectivity index is 1.49. The third-order valence-corrected chi connectivity index (χ3v) is 5.55. The second kappa shape index (κ2) is 8.64. The van der Waals surface area contributed by atoms with Gasteiger partial charge in [-0.25, -0.2) is 0 Å². The lowest BCUT2D eigenvalue weighted by Gasteiger charge is -2.26. The quantitative estimate of drug-likeness (QED) is 0.714. The molecule has 2 amide bonds. The van der Waals surface area contributed by atoms with Crippen LogP contribution in [0.3, 0.4) is 0 Å². The van der Waals surface area contributed by atoms with E-state index in [0.717, 1.165) is 13.1 Å². The van der Waals surface area contributed by atoms with Gasteiger partial charge in [0.05, 0.1) is 12.6 Å². The SMILES string of the molecule is O=C(CNC(=O)c1ccc(Br)o1)NC[C@H](c1cccs1)N1CCCC1. The maximum atomic E-state index is 12.1. The molecule has 8 heteroatoms. The Kier molecular flexibility index (Phi) is 6.28. The first-order valence-corrected chi connectivity index (χ1v) is 9.88. The molecular weight excluding hydrogens is 406 g/mol. The first-order valence-electron chi connectivity index (χ1n) is 8.21. The van der Waals surface area contributed by atoms with E-state index in [0.29, 0.717) is 11.2 Å². The number of furan rings is 1. The molecular formula is C17H20BrN3O3S. The van der Waals surface area contributed by atoms with E-state index in [9.17, 15) is 9.59 Å². The van der Waals surface area contributed by atoms with Crippen molar-refractivity contribution in [2.75, 3.05) is 26.2 Å². The summed E-state index contributed by atoms with van der Waals surface area (Å²) in [5.41, 5.74) is 0. The fourth-order valence-electron chi connectivity index (χ4n) is 2.90. The van der Waals surface area contributed by atoms with Crippen LogP contribution < -0.4 is 10.6 Å². The molecule has 0 spiro atoms. The molecule has 1 fully saturated rings. The fourth-order valence-corrected chi connectivity index (χ4v) is 4.07. The third-order valence-electron chi connectivity index (χ3n) is 4.15. The predicted molar refractivity (Wildman–Crippen MR) is 99.6 cm³/mol. The standard InChI is InChI=1S/C17H20BrN3O3S/c18-15-6-5-13(24-15)17(23)20-11-16(22)19-10-12(14-4-3-9-25-14)21-7-1-2-8-21/h3-6,9,12H,1-2,7-8,10-11H2,(H,19,22)(H,20,23)/t12-/m1/s1. The lowest BCUT2D eigenvalue weighted by molar-refractivity contribution is -0.120. The number of thiophene rings is 1. The molecule has 0 aliphatic carbocycles. The molecule has 1 aliphatic heterocycles. The molecule has 6 nitrogen and oxygen atoms in total. The first-order chi connectivity index (χ1) is 12.1. The van der Waals surface area contributed by atoms with Crippen LogP contribution >= 0.6 is 27.3 Å². The Morgan fingerprint density at radius 2 is 2.04 bits per heavy atom. The largest absolute Gasteiger partial charge is 0.444 e. The maximum absolute atomic E-state index is 12.1. The smallest absolute Gasteiger partial charge is 0.287 e. The van der Waals surface area contributed by atoms with Crippen LogP contribution in [-0.4, -0.2) is 42.9 Å². The van der Waals surface area contributed by atoms with E-state index in [2.05, 4.69) is 42.9 Å². The minimum Gasteiger partial charge on any atom is -0.444 e. The number of rotatable bonds is 7. The molecule has 0 unspecified atom stereocenters. The summed E-state index contributed by atoms with van der Waals surface area (Å²) in [5.74, 6) is -0.442. The van der Waals surface area contributed by atoms with Crippen molar-refractivity contribution in [3.63, 3.8) is 0 Å². The van der Waals surface area contributed by atoms with Crippen LogP contribution in [0, 0.1) is 0 Å². The van der Waals surface area contributed by atoms with Gasteiger partial charge >= 0.3 is 0 Å². The molecule has 3 rings (SSSR count). The van der Waals surface area contributed by atoms with Gasteiger partial charge < -0.3 is 15.1 Å². The third kappa shape index (κ3) is 4.93. The molecule has 0 aromatic carbocycles. The molecule has 0 bridgehead atoms. The molecule has 0 radical (unpaired) electrons. The molecule has 3 heterocycles. The molecule has 2 aromatic heterocycles. The molecule has 2 aromatic rings. The molecule has 0 saturated carbocycles. The van der Waals surface area contributed by atoms with Crippen molar-refractivity contribution in [3.8, 4) is 0 Å². The average Bonchev–Trinajstić information content (AvgIpc) is 3.35.